The molecule has 27 heavy (non-hydrogen) atoms. The normalized spacial score (nSPS) is 11.0. The first kappa shape index (κ1) is 18.4. The van der Waals surface area contributed by atoms with Crippen molar-refractivity contribution in [3.05, 3.63) is 79.1 Å². The average Bonchev–Trinajstić information content (AvgIpc) is 2.68. The molecule has 7 nitrogen and oxygen atoms in total. The number of phenols is 1. The van der Waals surface area contributed by atoms with E-state index in [0.717, 1.165) is 4.31 Å². The molecule has 0 bridgehead atoms. The lowest BCUT2D eigenvalue weighted by Crippen LogP contribution is -2.38. The summed E-state index contributed by atoms with van der Waals surface area (Å²) in [5.74, 6) is -0.522. The molecule has 0 saturated heterocycles. The van der Waals surface area contributed by atoms with E-state index in [0.29, 0.717) is 5.69 Å². The number of pyridine rings is 1. The van der Waals surface area contributed by atoms with Crippen LogP contribution in [0.5, 0.6) is 5.75 Å². The highest BCUT2D eigenvalue weighted by Crippen LogP contribution is 2.25. The van der Waals surface area contributed by atoms with E-state index in [1.54, 1.807) is 36.5 Å². The molecule has 3 rings (SSSR count). The van der Waals surface area contributed by atoms with Crippen LogP contribution in [0.4, 0.5) is 11.4 Å². The second-order valence-electron chi connectivity index (χ2n) is 5.63. The van der Waals surface area contributed by atoms with Gasteiger partial charge in [0.2, 0.25) is 5.91 Å². The van der Waals surface area contributed by atoms with Gasteiger partial charge < -0.3 is 10.4 Å². The molecule has 0 atom stereocenters. The zero-order chi connectivity index (χ0) is 19.3. The molecule has 138 valence electrons. The van der Waals surface area contributed by atoms with E-state index in [4.69, 9.17) is 0 Å². The van der Waals surface area contributed by atoms with Gasteiger partial charge in [-0.1, -0.05) is 18.2 Å². The van der Waals surface area contributed by atoms with Gasteiger partial charge in [-0.05, 0) is 48.5 Å². The molecule has 0 aliphatic carbocycles. The third kappa shape index (κ3) is 4.42. The molecule has 3 aromatic rings. The van der Waals surface area contributed by atoms with Crippen LogP contribution in [-0.4, -0.2) is 31.0 Å². The predicted molar refractivity (Wildman–Crippen MR) is 102 cm³/mol. The van der Waals surface area contributed by atoms with Gasteiger partial charge in [-0.3, -0.25) is 14.1 Å². The quantitative estimate of drug-likeness (QED) is 0.682. The first-order valence-corrected chi connectivity index (χ1v) is 9.47. The Hall–Kier alpha value is -3.39. The maximum absolute atomic E-state index is 13.1. The van der Waals surface area contributed by atoms with E-state index in [1.807, 2.05) is 0 Å². The molecule has 2 N–H and O–H groups in total. The van der Waals surface area contributed by atoms with E-state index >= 15 is 0 Å². The molecule has 0 unspecified atom stereocenters. The lowest BCUT2D eigenvalue weighted by atomic mass is 10.3. The standard InChI is InChI=1S/C19H17N3O4S/c23-17-10-8-16(9-11-17)22(27(25,26)18-6-2-1-3-7-18)14-19(24)21-15-5-4-12-20-13-15/h1-13,23H,14H2,(H,21,24). The molecule has 1 aromatic heterocycles. The smallest absolute Gasteiger partial charge is 0.264 e. The van der Waals surface area contributed by atoms with Crippen LogP contribution >= 0.6 is 0 Å². The van der Waals surface area contributed by atoms with Gasteiger partial charge >= 0.3 is 0 Å². The minimum atomic E-state index is -3.98. The predicted octanol–water partition coefficient (Wildman–Crippen LogP) is 2.62. The maximum Gasteiger partial charge on any atom is 0.264 e. The molecule has 1 amide bonds. The minimum absolute atomic E-state index is 0.00406. The Morgan fingerprint density at radius 1 is 1.00 bits per heavy atom. The summed E-state index contributed by atoms with van der Waals surface area (Å²) in [6.07, 6.45) is 3.03. The van der Waals surface area contributed by atoms with Crippen LogP contribution in [0.1, 0.15) is 0 Å². The number of aromatic hydroxyl groups is 1. The number of nitrogens with zero attached hydrogens (tertiary/aromatic N) is 2. The van der Waals surface area contributed by atoms with Crippen LogP contribution in [0.3, 0.4) is 0 Å². The third-order valence-corrected chi connectivity index (χ3v) is 5.49. The molecule has 0 aliphatic rings. The number of rotatable bonds is 6. The number of carbonyl (C=O) groups excluding carboxylic acids is 1. The molecule has 0 aliphatic heterocycles. The van der Waals surface area contributed by atoms with Crippen LogP contribution in [0.2, 0.25) is 0 Å². The summed E-state index contributed by atoms with van der Waals surface area (Å²) < 4.78 is 27.1. The average molecular weight is 383 g/mol. The lowest BCUT2D eigenvalue weighted by Gasteiger charge is -2.24. The summed E-state index contributed by atoms with van der Waals surface area (Å²) in [5.41, 5.74) is 0.725. The number of sulfonamides is 1. The topological polar surface area (TPSA) is 99.6 Å². The van der Waals surface area contributed by atoms with E-state index < -0.39 is 22.5 Å². The van der Waals surface area contributed by atoms with Crippen molar-refractivity contribution in [2.75, 3.05) is 16.2 Å². The highest BCUT2D eigenvalue weighted by molar-refractivity contribution is 7.92. The van der Waals surface area contributed by atoms with Crippen LogP contribution in [-0.2, 0) is 14.8 Å². The molecule has 1 heterocycles. The minimum Gasteiger partial charge on any atom is -0.508 e. The first-order valence-electron chi connectivity index (χ1n) is 8.03. The van der Waals surface area contributed by atoms with Gasteiger partial charge in [0, 0.05) is 6.20 Å². The molecule has 0 radical (unpaired) electrons. The van der Waals surface area contributed by atoms with E-state index in [1.165, 1.54) is 42.6 Å². The van der Waals surface area contributed by atoms with Gasteiger partial charge in [0.05, 0.1) is 22.5 Å². The molecular formula is C19H17N3O4S. The summed E-state index contributed by atoms with van der Waals surface area (Å²) in [5, 5.41) is 12.1. The molecule has 0 fully saturated rings. The van der Waals surface area contributed by atoms with Crippen LogP contribution in [0, 0.1) is 0 Å². The Morgan fingerprint density at radius 3 is 2.33 bits per heavy atom. The highest BCUT2D eigenvalue weighted by Gasteiger charge is 2.27. The van der Waals surface area contributed by atoms with E-state index in [-0.39, 0.29) is 16.3 Å². The molecule has 0 spiro atoms. The van der Waals surface area contributed by atoms with Crippen molar-refractivity contribution in [1.29, 1.82) is 0 Å². The zero-order valence-corrected chi connectivity index (χ0v) is 15.0. The van der Waals surface area contributed by atoms with E-state index in [2.05, 4.69) is 10.3 Å². The van der Waals surface area contributed by atoms with Crippen LogP contribution < -0.4 is 9.62 Å². The number of hydrogen-bond donors (Lipinski definition) is 2. The van der Waals surface area contributed by atoms with Gasteiger partial charge in [-0.15, -0.1) is 0 Å². The van der Waals surface area contributed by atoms with Gasteiger partial charge in [-0.2, -0.15) is 0 Å². The fraction of sp³-hybridized carbons (Fsp3) is 0.0526. The van der Waals surface area contributed by atoms with Crippen molar-refractivity contribution < 1.29 is 18.3 Å². The number of nitrogens with one attached hydrogen (secondary N) is 1. The Kier molecular flexibility index (Phi) is 5.37. The number of anilines is 2. The van der Waals surface area contributed by atoms with Crippen molar-refractivity contribution in [2.45, 2.75) is 4.90 Å². The third-order valence-electron chi connectivity index (χ3n) is 3.70. The number of amides is 1. The van der Waals surface area contributed by atoms with Gasteiger partial charge in [0.15, 0.2) is 0 Å². The number of phenolic OH excluding ortho intramolecular Hbond substituents is 1. The van der Waals surface area contributed by atoms with Gasteiger partial charge in [-0.25, -0.2) is 8.42 Å². The molecule has 2 aromatic carbocycles. The largest absolute Gasteiger partial charge is 0.508 e. The van der Waals surface area contributed by atoms with Gasteiger partial charge in [0.25, 0.3) is 10.0 Å². The number of hydrogen-bond acceptors (Lipinski definition) is 5. The van der Waals surface area contributed by atoms with Gasteiger partial charge in [0.1, 0.15) is 12.3 Å². The van der Waals surface area contributed by atoms with Crippen LogP contribution in [0.25, 0.3) is 0 Å². The Bertz CT molecular complexity index is 1010. The Balaban J connectivity index is 1.93. The second kappa shape index (κ2) is 7.88. The lowest BCUT2D eigenvalue weighted by molar-refractivity contribution is -0.114. The zero-order valence-electron chi connectivity index (χ0n) is 14.2. The summed E-state index contributed by atoms with van der Waals surface area (Å²) in [6.45, 7) is -0.434. The maximum atomic E-state index is 13.1. The first-order chi connectivity index (χ1) is 13.0. The van der Waals surface area contributed by atoms with Crippen LogP contribution in [0.15, 0.2) is 84.0 Å². The fourth-order valence-corrected chi connectivity index (χ4v) is 3.86. The summed E-state index contributed by atoms with van der Waals surface area (Å²) in [6, 6.07) is 16.8. The van der Waals surface area contributed by atoms with Crippen molar-refractivity contribution in [3.63, 3.8) is 0 Å². The summed E-state index contributed by atoms with van der Waals surface area (Å²) in [7, 11) is -3.98. The Morgan fingerprint density at radius 2 is 1.70 bits per heavy atom. The van der Waals surface area contributed by atoms with Crippen molar-refractivity contribution >= 4 is 27.3 Å². The second-order valence-corrected chi connectivity index (χ2v) is 7.49. The molecule has 8 heteroatoms. The summed E-state index contributed by atoms with van der Waals surface area (Å²) in [4.78, 5) is 16.4. The number of aromatic nitrogens is 1. The number of benzene rings is 2. The summed E-state index contributed by atoms with van der Waals surface area (Å²) >= 11 is 0. The fourth-order valence-electron chi connectivity index (χ4n) is 2.42. The van der Waals surface area contributed by atoms with Crippen molar-refractivity contribution in [1.82, 2.24) is 4.98 Å². The Labute approximate surface area is 157 Å². The highest BCUT2D eigenvalue weighted by atomic mass is 32.2. The van der Waals surface area contributed by atoms with Crippen molar-refractivity contribution in [3.8, 4) is 5.75 Å². The molecular weight excluding hydrogens is 366 g/mol. The molecule has 0 saturated carbocycles. The number of carbonyl (C=O) groups is 1. The SMILES string of the molecule is O=C(CN(c1ccc(O)cc1)S(=O)(=O)c1ccccc1)Nc1cccnc1. The monoisotopic (exact) mass is 383 g/mol. The van der Waals surface area contributed by atoms with E-state index in [9.17, 15) is 18.3 Å². The van der Waals surface area contributed by atoms with Crippen molar-refractivity contribution in [2.24, 2.45) is 0 Å².